The van der Waals surface area contributed by atoms with Gasteiger partial charge in [0.1, 0.15) is 23.7 Å². The quantitative estimate of drug-likeness (QED) is 0.0469. The van der Waals surface area contributed by atoms with Crippen LogP contribution in [0.3, 0.4) is 0 Å². The molecule has 0 aliphatic carbocycles. The molecule has 16 nitrogen and oxygen atoms in total. The van der Waals surface area contributed by atoms with E-state index in [4.69, 9.17) is 10.6 Å². The predicted octanol–water partition coefficient (Wildman–Crippen LogP) is -1.66. The van der Waals surface area contributed by atoms with Gasteiger partial charge in [0.05, 0.1) is 0 Å². The number of thioether (sulfide) groups is 2. The van der Waals surface area contributed by atoms with Gasteiger partial charge in [-0.05, 0) is 5.57 Å². The first-order chi connectivity index (χ1) is 18.1. The summed E-state index contributed by atoms with van der Waals surface area (Å²) >= 11 is 3.12. The van der Waals surface area contributed by atoms with Gasteiger partial charge in [0.15, 0.2) is 10.3 Å². The maximum atomic E-state index is 13.0. The molecule has 2 atom stereocenters. The van der Waals surface area contributed by atoms with Crippen molar-refractivity contribution in [2.75, 3.05) is 23.8 Å². The molecule has 38 heavy (non-hydrogen) atoms. The number of H-pyrrole nitrogens is 1. The zero-order chi connectivity index (χ0) is 27.6. The summed E-state index contributed by atoms with van der Waals surface area (Å²) in [6.07, 6.45) is 1.41. The number of oxime groups is 1. The second-order valence-electron chi connectivity index (χ2n) is 7.59. The van der Waals surface area contributed by atoms with Crippen molar-refractivity contribution < 1.29 is 24.3 Å². The number of carboxylic acid groups (broad SMARTS) is 1. The fraction of sp³-hybridized carbons (Fsp3) is 0.316. The molecule has 0 saturated carbocycles. The zero-order valence-electron chi connectivity index (χ0n) is 19.4. The Balaban J connectivity index is 1.51. The van der Waals surface area contributed by atoms with Crippen LogP contribution in [0.2, 0.25) is 0 Å². The number of aryl methyl sites for hydroxylation is 1. The molecule has 4 heterocycles. The number of β-lactam (4-membered cyclic amide) rings is 1. The van der Waals surface area contributed by atoms with Crippen LogP contribution in [0.1, 0.15) is 5.82 Å². The van der Waals surface area contributed by atoms with Crippen LogP contribution in [0.15, 0.2) is 43.8 Å². The van der Waals surface area contributed by atoms with E-state index in [2.05, 4.69) is 36.5 Å². The summed E-state index contributed by atoms with van der Waals surface area (Å²) in [6.45, 7) is 3.49. The van der Waals surface area contributed by atoms with Crippen LogP contribution >= 0.6 is 35.1 Å². The Morgan fingerprint density at radius 3 is 2.82 bits per heavy atom. The Bertz CT molecular complexity index is 1490. The topological polar surface area (TPSA) is 228 Å². The molecule has 1 fully saturated rings. The van der Waals surface area contributed by atoms with E-state index in [1.54, 1.807) is 0 Å². The van der Waals surface area contributed by atoms with E-state index in [1.807, 2.05) is 0 Å². The second kappa shape index (κ2) is 11.2. The van der Waals surface area contributed by atoms with Gasteiger partial charge in [-0.25, -0.2) is 4.79 Å². The van der Waals surface area contributed by atoms with Crippen LogP contribution < -0.4 is 22.2 Å². The summed E-state index contributed by atoms with van der Waals surface area (Å²) in [6, 6.07) is -1.04. The van der Waals surface area contributed by atoms with Gasteiger partial charge in [-0.15, -0.1) is 11.8 Å². The maximum Gasteiger partial charge on any atom is 0.352 e. The number of hydrogen-bond donors (Lipinski definition) is 4. The van der Waals surface area contributed by atoms with E-state index in [0.717, 1.165) is 28.2 Å². The van der Waals surface area contributed by atoms with Crippen molar-refractivity contribution in [3.05, 3.63) is 50.5 Å². The SMILES string of the molecule is C=CCON=C(C(=O)NC1C(=O)N2C(C(=O)O)=C(CSc3nc(=O)c(=O)[nH]n3C)CS[C@H]12)c1nsc(N)n1. The maximum absolute atomic E-state index is 13.0. The third-order valence-corrected chi connectivity index (χ3v) is 8.07. The molecule has 2 aromatic rings. The Morgan fingerprint density at radius 1 is 1.39 bits per heavy atom. The fourth-order valence-corrected chi connectivity index (χ4v) is 6.25. The van der Waals surface area contributed by atoms with Gasteiger partial charge < -0.3 is 21.0 Å². The first kappa shape index (κ1) is 27.1. The molecular weight excluding hydrogens is 562 g/mol. The minimum absolute atomic E-state index is 0.00130. The number of hydrogen-bond acceptors (Lipinski definition) is 14. The highest BCUT2D eigenvalue weighted by Gasteiger charge is 2.54. The number of fused-ring (bicyclic) bond motifs is 1. The number of aromatic amines is 1. The van der Waals surface area contributed by atoms with E-state index < -0.39 is 40.3 Å². The summed E-state index contributed by atoms with van der Waals surface area (Å²) in [5, 5.41) is 18.0. The van der Waals surface area contributed by atoms with Gasteiger partial charge in [-0.3, -0.25) is 33.9 Å². The van der Waals surface area contributed by atoms with E-state index in [-0.39, 0.29) is 45.6 Å². The molecule has 4 rings (SSSR count). The molecule has 1 saturated heterocycles. The average molecular weight is 582 g/mol. The van der Waals surface area contributed by atoms with Crippen molar-refractivity contribution in [1.29, 1.82) is 0 Å². The molecule has 2 aliphatic heterocycles. The number of nitrogens with zero attached hydrogens (tertiary/aromatic N) is 6. The zero-order valence-corrected chi connectivity index (χ0v) is 21.9. The summed E-state index contributed by atoms with van der Waals surface area (Å²) in [5.74, 6) is -2.55. The average Bonchev–Trinajstić information content (AvgIpc) is 3.31. The summed E-state index contributed by atoms with van der Waals surface area (Å²) in [7, 11) is 1.48. The van der Waals surface area contributed by atoms with Crippen LogP contribution in [0.5, 0.6) is 0 Å². The van der Waals surface area contributed by atoms with Crippen molar-refractivity contribution in [2.45, 2.75) is 16.6 Å². The first-order valence-corrected chi connectivity index (χ1v) is 13.3. The molecule has 1 unspecified atom stereocenters. The largest absolute Gasteiger partial charge is 0.477 e. The van der Waals surface area contributed by atoms with Gasteiger partial charge in [0.25, 0.3) is 11.8 Å². The molecule has 2 aliphatic rings. The monoisotopic (exact) mass is 581 g/mol. The first-order valence-electron chi connectivity index (χ1n) is 10.5. The van der Waals surface area contributed by atoms with Crippen molar-refractivity contribution >= 4 is 63.7 Å². The number of rotatable bonds is 10. The van der Waals surface area contributed by atoms with Gasteiger partial charge >= 0.3 is 17.1 Å². The Hall–Kier alpha value is -3.97. The van der Waals surface area contributed by atoms with Crippen LogP contribution in [-0.2, 0) is 26.3 Å². The van der Waals surface area contributed by atoms with Crippen LogP contribution in [0.4, 0.5) is 5.13 Å². The standard InChI is InChI=1S/C19H19N9O7S3/c1-3-4-35-25-8(11-22-18(20)38-26-11)12(29)21-9-15(32)28-10(17(33)34)7(5-36-16(9)28)6-37-19-23-13(30)14(31)24-27(19)2/h3,9,16H,1,4-6H2,2H3,(H,21,29)(H,24,31)(H,33,34)(H2,20,22,26)/t9?,16-/m1/s1. The highest BCUT2D eigenvalue weighted by molar-refractivity contribution is 8.01. The lowest BCUT2D eigenvalue weighted by molar-refractivity contribution is -0.150. The fourth-order valence-electron chi connectivity index (χ4n) is 3.42. The Morgan fingerprint density at radius 2 is 2.16 bits per heavy atom. The van der Waals surface area contributed by atoms with Crippen molar-refractivity contribution in [3.63, 3.8) is 0 Å². The van der Waals surface area contributed by atoms with Crippen molar-refractivity contribution in [1.82, 2.24) is 34.3 Å². The van der Waals surface area contributed by atoms with E-state index in [9.17, 15) is 29.1 Å². The molecular formula is C19H19N9O7S3. The lowest BCUT2D eigenvalue weighted by Crippen LogP contribution is -2.71. The number of nitrogens with two attached hydrogens (primary N) is 1. The van der Waals surface area contributed by atoms with E-state index >= 15 is 0 Å². The van der Waals surface area contributed by atoms with Gasteiger partial charge in [-0.2, -0.15) is 14.3 Å². The number of anilines is 1. The minimum Gasteiger partial charge on any atom is -0.477 e. The van der Waals surface area contributed by atoms with Crippen LogP contribution in [-0.4, -0.2) is 87.2 Å². The van der Waals surface area contributed by atoms with E-state index in [1.165, 1.54) is 29.6 Å². The number of nitrogen functional groups attached to an aromatic ring is 1. The molecule has 0 spiro atoms. The van der Waals surface area contributed by atoms with Crippen LogP contribution in [0.25, 0.3) is 0 Å². The number of aliphatic carboxylic acids is 1. The summed E-state index contributed by atoms with van der Waals surface area (Å²) in [5.41, 5.74) is 3.62. The Labute approximate surface area is 225 Å². The molecule has 0 aromatic carbocycles. The summed E-state index contributed by atoms with van der Waals surface area (Å²) < 4.78 is 5.20. The normalized spacial score (nSPS) is 19.0. The number of carbonyl (C=O) groups excluding carboxylic acids is 2. The highest BCUT2D eigenvalue weighted by atomic mass is 32.2. The summed E-state index contributed by atoms with van der Waals surface area (Å²) in [4.78, 5) is 74.7. The lowest BCUT2D eigenvalue weighted by Gasteiger charge is -2.49. The second-order valence-corrected chi connectivity index (χ2v) is 10.4. The smallest absolute Gasteiger partial charge is 0.352 e. The number of nitrogens with one attached hydrogen (secondary N) is 2. The third-order valence-electron chi connectivity index (χ3n) is 5.08. The predicted molar refractivity (Wildman–Crippen MR) is 138 cm³/mol. The van der Waals surface area contributed by atoms with Gasteiger partial charge in [-0.1, -0.05) is 29.6 Å². The molecule has 5 N–H and O–H groups in total. The molecule has 0 radical (unpaired) electrons. The van der Waals surface area contributed by atoms with Crippen LogP contribution in [0, 0.1) is 0 Å². The van der Waals surface area contributed by atoms with Gasteiger partial charge in [0, 0.05) is 30.1 Å². The minimum atomic E-state index is -1.32. The molecule has 19 heteroatoms. The number of carbonyl (C=O) groups is 3. The number of aromatic nitrogens is 5. The highest BCUT2D eigenvalue weighted by Crippen LogP contribution is 2.41. The molecule has 0 bridgehead atoms. The lowest BCUT2D eigenvalue weighted by atomic mass is 10.0. The molecule has 2 aromatic heterocycles. The van der Waals surface area contributed by atoms with Crippen molar-refractivity contribution in [2.24, 2.45) is 12.2 Å². The Kier molecular flexibility index (Phi) is 7.97. The van der Waals surface area contributed by atoms with E-state index in [0.29, 0.717) is 5.57 Å². The number of amides is 2. The number of carboxylic acids is 1. The molecule has 2 amide bonds. The third kappa shape index (κ3) is 5.34. The molecule has 200 valence electrons. The van der Waals surface area contributed by atoms with Crippen molar-refractivity contribution in [3.8, 4) is 0 Å². The van der Waals surface area contributed by atoms with Gasteiger partial charge in [0.2, 0.25) is 11.5 Å².